The Labute approximate surface area is 133 Å². The molecule has 2 aromatic rings. The largest absolute Gasteiger partial charge is 0.396 e. The third-order valence-corrected chi connectivity index (χ3v) is 4.13. The number of carbonyl (C=O) groups excluding carboxylic acids is 1. The van der Waals surface area contributed by atoms with Crippen molar-refractivity contribution in [1.29, 1.82) is 0 Å². The number of hydrogen-bond acceptors (Lipinski definition) is 5. The lowest BCUT2D eigenvalue weighted by molar-refractivity contribution is 0.0945. The molecule has 1 aromatic heterocycles. The fourth-order valence-corrected chi connectivity index (χ4v) is 2.85. The van der Waals surface area contributed by atoms with Crippen LogP contribution in [0, 0.1) is 0 Å². The highest BCUT2D eigenvalue weighted by Gasteiger charge is 2.16. The summed E-state index contributed by atoms with van der Waals surface area (Å²) in [5.41, 5.74) is 7.13. The Morgan fingerprint density at radius 3 is 2.86 bits per heavy atom. The van der Waals surface area contributed by atoms with Crippen molar-refractivity contribution in [1.82, 2.24) is 20.4 Å². The molecule has 3 rings (SSSR count). The molecule has 0 atom stereocenters. The Morgan fingerprint density at radius 2 is 2.09 bits per heavy atom. The van der Waals surface area contributed by atoms with E-state index in [2.05, 4.69) is 20.4 Å². The fourth-order valence-electron chi connectivity index (χ4n) is 2.69. The first-order chi connectivity index (χ1) is 10.6. The van der Waals surface area contributed by atoms with Crippen molar-refractivity contribution >= 4 is 34.1 Å². The number of aromatic nitrogens is 2. The number of nitrogens with zero attached hydrogens (tertiary/aromatic N) is 3. The van der Waals surface area contributed by atoms with Gasteiger partial charge in [-0.1, -0.05) is 11.6 Å². The van der Waals surface area contributed by atoms with Crippen LogP contribution in [0.2, 0.25) is 5.02 Å². The molecular weight excluding hydrogens is 302 g/mol. The second-order valence-electron chi connectivity index (χ2n) is 5.43. The number of anilines is 1. The van der Waals surface area contributed by atoms with Gasteiger partial charge in [0, 0.05) is 23.5 Å². The minimum atomic E-state index is -0.291. The van der Waals surface area contributed by atoms with Crippen LogP contribution in [0.25, 0.3) is 10.9 Å². The molecule has 0 saturated carbocycles. The molecule has 22 heavy (non-hydrogen) atoms. The summed E-state index contributed by atoms with van der Waals surface area (Å²) in [5, 5.41) is 12.1. The summed E-state index contributed by atoms with van der Waals surface area (Å²) in [5.74, 6) is -0.291. The number of benzene rings is 1. The van der Waals surface area contributed by atoms with Crippen LogP contribution in [0.4, 0.5) is 5.69 Å². The maximum atomic E-state index is 12.2. The van der Waals surface area contributed by atoms with Gasteiger partial charge in [-0.25, -0.2) is 0 Å². The quantitative estimate of drug-likeness (QED) is 0.896. The van der Waals surface area contributed by atoms with Gasteiger partial charge in [0.05, 0.1) is 11.2 Å². The lowest BCUT2D eigenvalue weighted by Crippen LogP contribution is -2.34. The molecule has 1 aromatic carbocycles. The number of rotatable bonds is 4. The van der Waals surface area contributed by atoms with Crippen LogP contribution >= 0.6 is 11.6 Å². The Bertz CT molecular complexity index is 700. The molecular formula is C15H18ClN5O. The minimum absolute atomic E-state index is 0.163. The third kappa shape index (κ3) is 3.13. The molecule has 1 fully saturated rings. The van der Waals surface area contributed by atoms with Crippen LogP contribution in [0.15, 0.2) is 18.2 Å². The molecule has 1 aliphatic rings. The molecule has 0 bridgehead atoms. The molecule has 2 heterocycles. The summed E-state index contributed by atoms with van der Waals surface area (Å²) in [6.45, 7) is 3.64. The predicted octanol–water partition coefficient (Wildman–Crippen LogP) is 1.69. The van der Waals surface area contributed by atoms with Gasteiger partial charge in [-0.3, -0.25) is 4.79 Å². The third-order valence-electron chi connectivity index (χ3n) is 3.89. The van der Waals surface area contributed by atoms with Crippen LogP contribution in [0.5, 0.6) is 0 Å². The standard InChI is InChI=1S/C15H18ClN5O/c16-10-3-4-11-12(9-10)19-20-14(13(11)17)15(22)18-5-8-21-6-1-2-7-21/h3-4,9H,1-2,5-8H2,(H2,17,19)(H,18,22). The molecule has 6 nitrogen and oxygen atoms in total. The molecule has 7 heteroatoms. The molecule has 1 aliphatic heterocycles. The van der Waals surface area contributed by atoms with Crippen molar-refractivity contribution in [3.8, 4) is 0 Å². The summed E-state index contributed by atoms with van der Waals surface area (Å²) < 4.78 is 0. The van der Waals surface area contributed by atoms with Crippen molar-refractivity contribution in [2.24, 2.45) is 0 Å². The number of carbonyl (C=O) groups is 1. The van der Waals surface area contributed by atoms with Gasteiger partial charge in [0.1, 0.15) is 0 Å². The molecule has 1 saturated heterocycles. The number of likely N-dealkylation sites (tertiary alicyclic amines) is 1. The second kappa shape index (κ2) is 6.46. The molecule has 116 valence electrons. The summed E-state index contributed by atoms with van der Waals surface area (Å²) in [6, 6.07) is 5.15. The highest BCUT2D eigenvalue weighted by Crippen LogP contribution is 2.24. The van der Waals surface area contributed by atoms with Gasteiger partial charge in [-0.15, -0.1) is 10.2 Å². The average molecular weight is 320 g/mol. The highest BCUT2D eigenvalue weighted by atomic mass is 35.5. The van der Waals surface area contributed by atoms with Crippen LogP contribution in [-0.4, -0.2) is 47.2 Å². The molecule has 0 radical (unpaired) electrons. The zero-order valence-corrected chi connectivity index (χ0v) is 12.9. The lowest BCUT2D eigenvalue weighted by Gasteiger charge is -2.14. The van der Waals surface area contributed by atoms with Crippen molar-refractivity contribution in [3.63, 3.8) is 0 Å². The zero-order chi connectivity index (χ0) is 15.5. The van der Waals surface area contributed by atoms with Crippen molar-refractivity contribution in [2.75, 3.05) is 31.9 Å². The van der Waals surface area contributed by atoms with Gasteiger partial charge in [0.2, 0.25) is 0 Å². The Morgan fingerprint density at radius 1 is 1.32 bits per heavy atom. The summed E-state index contributed by atoms with van der Waals surface area (Å²) in [6.07, 6.45) is 2.47. The molecule has 0 unspecified atom stereocenters. The fraction of sp³-hybridized carbons (Fsp3) is 0.400. The summed E-state index contributed by atoms with van der Waals surface area (Å²) >= 11 is 5.91. The molecule has 3 N–H and O–H groups in total. The normalized spacial score (nSPS) is 15.3. The first kappa shape index (κ1) is 15.0. The van der Waals surface area contributed by atoms with Gasteiger partial charge < -0.3 is 16.0 Å². The van der Waals surface area contributed by atoms with Crippen LogP contribution < -0.4 is 11.1 Å². The van der Waals surface area contributed by atoms with E-state index in [9.17, 15) is 4.79 Å². The number of halogens is 1. The van der Waals surface area contributed by atoms with E-state index in [4.69, 9.17) is 17.3 Å². The van der Waals surface area contributed by atoms with Crippen LogP contribution in [-0.2, 0) is 0 Å². The zero-order valence-electron chi connectivity index (χ0n) is 12.2. The van der Waals surface area contributed by atoms with E-state index in [1.807, 2.05) is 0 Å². The molecule has 1 amide bonds. The van der Waals surface area contributed by atoms with E-state index in [0.717, 1.165) is 19.6 Å². The summed E-state index contributed by atoms with van der Waals surface area (Å²) in [4.78, 5) is 14.5. The van der Waals surface area contributed by atoms with Crippen molar-refractivity contribution in [3.05, 3.63) is 28.9 Å². The Kier molecular flexibility index (Phi) is 4.40. The van der Waals surface area contributed by atoms with Crippen molar-refractivity contribution in [2.45, 2.75) is 12.8 Å². The van der Waals surface area contributed by atoms with Gasteiger partial charge >= 0.3 is 0 Å². The molecule has 0 aliphatic carbocycles. The summed E-state index contributed by atoms with van der Waals surface area (Å²) in [7, 11) is 0. The van der Waals surface area contributed by atoms with Crippen molar-refractivity contribution < 1.29 is 4.79 Å². The number of hydrogen-bond donors (Lipinski definition) is 2. The van der Waals surface area contributed by atoms with E-state index in [1.165, 1.54) is 12.8 Å². The lowest BCUT2D eigenvalue weighted by atomic mass is 10.1. The first-order valence-electron chi connectivity index (χ1n) is 7.37. The maximum absolute atomic E-state index is 12.2. The Balaban J connectivity index is 1.70. The second-order valence-corrected chi connectivity index (χ2v) is 5.86. The van der Waals surface area contributed by atoms with E-state index >= 15 is 0 Å². The SMILES string of the molecule is Nc1c(C(=O)NCCN2CCCC2)nnc2cc(Cl)ccc12. The van der Waals surface area contributed by atoms with E-state index in [0.29, 0.717) is 28.2 Å². The average Bonchev–Trinajstić information content (AvgIpc) is 3.00. The van der Waals surface area contributed by atoms with Gasteiger partial charge in [-0.2, -0.15) is 0 Å². The van der Waals surface area contributed by atoms with Gasteiger partial charge in [0.15, 0.2) is 5.69 Å². The molecule has 0 spiro atoms. The predicted molar refractivity (Wildman–Crippen MR) is 87.0 cm³/mol. The topological polar surface area (TPSA) is 84.1 Å². The number of nitrogens with one attached hydrogen (secondary N) is 1. The van der Waals surface area contributed by atoms with Gasteiger partial charge in [0.25, 0.3) is 5.91 Å². The number of fused-ring (bicyclic) bond motifs is 1. The van der Waals surface area contributed by atoms with E-state index in [-0.39, 0.29) is 11.6 Å². The first-order valence-corrected chi connectivity index (χ1v) is 7.75. The monoisotopic (exact) mass is 319 g/mol. The van der Waals surface area contributed by atoms with E-state index < -0.39 is 0 Å². The van der Waals surface area contributed by atoms with Crippen LogP contribution in [0.3, 0.4) is 0 Å². The number of nitrogen functional groups attached to an aromatic ring is 1. The minimum Gasteiger partial charge on any atom is -0.396 e. The highest BCUT2D eigenvalue weighted by molar-refractivity contribution is 6.31. The van der Waals surface area contributed by atoms with Crippen LogP contribution in [0.1, 0.15) is 23.3 Å². The van der Waals surface area contributed by atoms with Gasteiger partial charge in [-0.05, 0) is 44.1 Å². The van der Waals surface area contributed by atoms with E-state index in [1.54, 1.807) is 18.2 Å². The Hall–Kier alpha value is -1.92. The maximum Gasteiger partial charge on any atom is 0.274 e. The smallest absolute Gasteiger partial charge is 0.274 e. The number of nitrogens with two attached hydrogens (primary N) is 1. The number of amides is 1.